The SMILES string of the molecule is CCC(NC(=O)C1CCN(C)C(=O)C1)(C(=O)O)c1ccccc1. The third-order valence-electron chi connectivity index (χ3n) is 4.53. The Morgan fingerprint density at radius 1 is 1.35 bits per heavy atom. The van der Waals surface area contributed by atoms with Crippen molar-refractivity contribution >= 4 is 17.8 Å². The molecule has 1 aliphatic heterocycles. The molecule has 1 fully saturated rings. The Balaban J connectivity index is 2.23. The fourth-order valence-corrected chi connectivity index (χ4v) is 2.89. The molecule has 0 radical (unpaired) electrons. The van der Waals surface area contributed by atoms with Crippen LogP contribution in [0.5, 0.6) is 0 Å². The average molecular weight is 318 g/mol. The van der Waals surface area contributed by atoms with Crippen LogP contribution in [0.1, 0.15) is 31.7 Å². The van der Waals surface area contributed by atoms with Crippen LogP contribution in [0.4, 0.5) is 0 Å². The zero-order valence-corrected chi connectivity index (χ0v) is 13.4. The van der Waals surface area contributed by atoms with Crippen molar-refractivity contribution < 1.29 is 19.5 Å². The maximum absolute atomic E-state index is 12.6. The van der Waals surface area contributed by atoms with E-state index in [1.807, 2.05) is 0 Å². The molecule has 1 aromatic carbocycles. The Labute approximate surface area is 135 Å². The van der Waals surface area contributed by atoms with Crippen molar-refractivity contribution in [2.75, 3.05) is 13.6 Å². The molecule has 0 spiro atoms. The first-order chi connectivity index (χ1) is 10.9. The summed E-state index contributed by atoms with van der Waals surface area (Å²) in [5, 5.41) is 12.4. The third-order valence-corrected chi connectivity index (χ3v) is 4.53. The van der Waals surface area contributed by atoms with Crippen molar-refractivity contribution in [1.82, 2.24) is 10.2 Å². The van der Waals surface area contributed by atoms with Crippen molar-refractivity contribution in [2.24, 2.45) is 5.92 Å². The monoisotopic (exact) mass is 318 g/mol. The molecule has 6 heteroatoms. The summed E-state index contributed by atoms with van der Waals surface area (Å²) < 4.78 is 0. The summed E-state index contributed by atoms with van der Waals surface area (Å²) in [6, 6.07) is 8.67. The third kappa shape index (κ3) is 3.36. The highest BCUT2D eigenvalue weighted by Gasteiger charge is 2.42. The number of nitrogens with one attached hydrogen (secondary N) is 1. The molecule has 2 N–H and O–H groups in total. The molecule has 23 heavy (non-hydrogen) atoms. The molecule has 0 saturated carbocycles. The molecular weight excluding hydrogens is 296 g/mol. The van der Waals surface area contributed by atoms with Crippen molar-refractivity contribution in [3.8, 4) is 0 Å². The van der Waals surface area contributed by atoms with E-state index in [1.165, 1.54) is 0 Å². The van der Waals surface area contributed by atoms with E-state index in [1.54, 1.807) is 49.2 Å². The van der Waals surface area contributed by atoms with Gasteiger partial charge in [0.05, 0.1) is 0 Å². The lowest BCUT2D eigenvalue weighted by molar-refractivity contribution is -0.150. The van der Waals surface area contributed by atoms with Crippen molar-refractivity contribution in [2.45, 2.75) is 31.7 Å². The van der Waals surface area contributed by atoms with E-state index in [0.29, 0.717) is 18.5 Å². The average Bonchev–Trinajstić information content (AvgIpc) is 2.55. The predicted molar refractivity (Wildman–Crippen MR) is 84.6 cm³/mol. The van der Waals surface area contributed by atoms with E-state index in [-0.39, 0.29) is 24.7 Å². The summed E-state index contributed by atoms with van der Waals surface area (Å²) in [4.78, 5) is 37.8. The van der Waals surface area contributed by atoms with Gasteiger partial charge in [0.1, 0.15) is 0 Å². The number of piperidine rings is 1. The highest BCUT2D eigenvalue weighted by Crippen LogP contribution is 2.27. The minimum Gasteiger partial charge on any atom is -0.479 e. The summed E-state index contributed by atoms with van der Waals surface area (Å²) in [5.41, 5.74) is -0.937. The van der Waals surface area contributed by atoms with E-state index in [0.717, 1.165) is 0 Å². The Hall–Kier alpha value is -2.37. The summed E-state index contributed by atoms with van der Waals surface area (Å²) >= 11 is 0. The minimum absolute atomic E-state index is 0.0893. The Kier molecular flexibility index (Phi) is 5.03. The quantitative estimate of drug-likeness (QED) is 0.858. The van der Waals surface area contributed by atoms with Crippen molar-refractivity contribution in [3.63, 3.8) is 0 Å². The number of hydrogen-bond donors (Lipinski definition) is 2. The molecule has 0 bridgehead atoms. The molecule has 1 aliphatic rings. The molecular formula is C17H22N2O4. The Bertz CT molecular complexity index is 602. The lowest BCUT2D eigenvalue weighted by Crippen LogP contribution is -2.54. The van der Waals surface area contributed by atoms with Gasteiger partial charge in [-0.05, 0) is 18.4 Å². The van der Waals surface area contributed by atoms with Gasteiger partial charge in [-0.1, -0.05) is 37.3 Å². The summed E-state index contributed by atoms with van der Waals surface area (Å²) in [6.07, 6.45) is 0.886. The Morgan fingerprint density at radius 3 is 2.52 bits per heavy atom. The maximum atomic E-state index is 12.6. The standard InChI is InChI=1S/C17H22N2O4/c1-3-17(16(22)23,13-7-5-4-6-8-13)18-15(21)12-9-10-19(2)14(20)11-12/h4-8,12H,3,9-11H2,1-2H3,(H,18,21)(H,22,23). The van der Waals surface area contributed by atoms with Gasteiger partial charge in [-0.25, -0.2) is 4.79 Å². The first-order valence-corrected chi connectivity index (χ1v) is 7.75. The van der Waals surface area contributed by atoms with Crippen LogP contribution in [-0.4, -0.2) is 41.4 Å². The topological polar surface area (TPSA) is 86.7 Å². The van der Waals surface area contributed by atoms with Crippen LogP contribution in [0.25, 0.3) is 0 Å². The normalized spacial score (nSPS) is 20.7. The number of likely N-dealkylation sites (tertiary alicyclic amines) is 1. The number of hydrogen-bond acceptors (Lipinski definition) is 3. The van der Waals surface area contributed by atoms with Gasteiger partial charge in [-0.3, -0.25) is 9.59 Å². The van der Waals surface area contributed by atoms with E-state index < -0.39 is 17.4 Å². The second kappa shape index (κ2) is 6.81. The first kappa shape index (κ1) is 17.0. The van der Waals surface area contributed by atoms with Gasteiger partial charge in [0.2, 0.25) is 11.8 Å². The molecule has 2 unspecified atom stereocenters. The van der Waals surface area contributed by atoms with Crippen LogP contribution in [0.2, 0.25) is 0 Å². The van der Waals surface area contributed by atoms with Crippen LogP contribution < -0.4 is 5.32 Å². The first-order valence-electron chi connectivity index (χ1n) is 7.75. The van der Waals surface area contributed by atoms with Gasteiger partial charge in [0.15, 0.2) is 5.54 Å². The van der Waals surface area contributed by atoms with Crippen molar-refractivity contribution in [1.29, 1.82) is 0 Å². The molecule has 1 heterocycles. The number of nitrogens with zero attached hydrogens (tertiary/aromatic N) is 1. The largest absolute Gasteiger partial charge is 0.479 e. The zero-order valence-electron chi connectivity index (χ0n) is 13.4. The minimum atomic E-state index is -1.47. The predicted octanol–water partition coefficient (Wildman–Crippen LogP) is 1.36. The van der Waals surface area contributed by atoms with Crippen LogP contribution in [0.15, 0.2) is 30.3 Å². The number of carbonyl (C=O) groups excluding carboxylic acids is 2. The van der Waals surface area contributed by atoms with E-state index >= 15 is 0 Å². The summed E-state index contributed by atoms with van der Waals surface area (Å²) in [7, 11) is 1.70. The van der Waals surface area contributed by atoms with Gasteiger partial charge < -0.3 is 15.3 Å². The van der Waals surface area contributed by atoms with Crippen molar-refractivity contribution in [3.05, 3.63) is 35.9 Å². The van der Waals surface area contributed by atoms with Crippen LogP contribution in [-0.2, 0) is 19.9 Å². The fourth-order valence-electron chi connectivity index (χ4n) is 2.89. The van der Waals surface area contributed by atoms with Gasteiger partial charge in [-0.15, -0.1) is 0 Å². The number of carboxylic acid groups (broad SMARTS) is 1. The molecule has 2 amide bonds. The maximum Gasteiger partial charge on any atom is 0.334 e. The number of amides is 2. The summed E-state index contributed by atoms with van der Waals surface area (Å²) in [6.45, 7) is 2.23. The molecule has 2 atom stereocenters. The zero-order chi connectivity index (χ0) is 17.0. The second-order valence-corrected chi connectivity index (χ2v) is 5.92. The van der Waals surface area contributed by atoms with Crippen LogP contribution >= 0.6 is 0 Å². The Morgan fingerprint density at radius 2 is 2.00 bits per heavy atom. The van der Waals surface area contributed by atoms with Gasteiger partial charge in [0.25, 0.3) is 0 Å². The molecule has 0 aliphatic carbocycles. The summed E-state index contributed by atoms with van der Waals surface area (Å²) in [5.74, 6) is -2.04. The highest BCUT2D eigenvalue weighted by molar-refractivity contribution is 5.91. The molecule has 2 rings (SSSR count). The lowest BCUT2D eigenvalue weighted by Gasteiger charge is -2.34. The molecule has 124 valence electrons. The molecule has 6 nitrogen and oxygen atoms in total. The van der Waals surface area contributed by atoms with E-state index in [4.69, 9.17) is 0 Å². The fraction of sp³-hybridized carbons (Fsp3) is 0.471. The number of aliphatic carboxylic acids is 1. The van der Waals surface area contributed by atoms with Gasteiger partial charge in [0, 0.05) is 25.9 Å². The number of rotatable bonds is 5. The number of benzene rings is 1. The molecule has 1 saturated heterocycles. The van der Waals surface area contributed by atoms with Crippen LogP contribution in [0.3, 0.4) is 0 Å². The molecule has 0 aromatic heterocycles. The van der Waals surface area contributed by atoms with Gasteiger partial charge in [-0.2, -0.15) is 0 Å². The molecule has 1 aromatic rings. The number of carboxylic acids is 1. The number of carbonyl (C=O) groups is 3. The highest BCUT2D eigenvalue weighted by atomic mass is 16.4. The second-order valence-electron chi connectivity index (χ2n) is 5.92. The van der Waals surface area contributed by atoms with Gasteiger partial charge >= 0.3 is 5.97 Å². The smallest absolute Gasteiger partial charge is 0.334 e. The van der Waals surface area contributed by atoms with E-state index in [2.05, 4.69) is 5.32 Å². The lowest BCUT2D eigenvalue weighted by atomic mass is 9.85. The van der Waals surface area contributed by atoms with E-state index in [9.17, 15) is 19.5 Å². The van der Waals surface area contributed by atoms with Crippen LogP contribution in [0, 0.1) is 5.92 Å².